The van der Waals surface area contributed by atoms with Gasteiger partial charge < -0.3 is 16.0 Å². The van der Waals surface area contributed by atoms with Crippen LogP contribution in [0.3, 0.4) is 0 Å². The van der Waals surface area contributed by atoms with Crippen molar-refractivity contribution in [2.75, 3.05) is 5.32 Å². The van der Waals surface area contributed by atoms with E-state index in [1.165, 1.54) is 0 Å². The molecule has 34 heavy (non-hydrogen) atoms. The first-order valence-electron chi connectivity index (χ1n) is 11.4. The van der Waals surface area contributed by atoms with Crippen LogP contribution in [0.2, 0.25) is 5.02 Å². The number of carbonyl (C=O) groups is 2. The van der Waals surface area contributed by atoms with Crippen LogP contribution >= 0.6 is 27.5 Å². The summed E-state index contributed by atoms with van der Waals surface area (Å²) in [6.07, 6.45) is 3.49. The third-order valence-corrected chi connectivity index (χ3v) is 7.29. The van der Waals surface area contributed by atoms with Gasteiger partial charge in [-0.2, -0.15) is 0 Å². The summed E-state index contributed by atoms with van der Waals surface area (Å²) in [4.78, 5) is 28.2. The van der Waals surface area contributed by atoms with Crippen molar-refractivity contribution in [3.63, 3.8) is 0 Å². The summed E-state index contributed by atoms with van der Waals surface area (Å²) < 4.78 is 0.719. The summed E-state index contributed by atoms with van der Waals surface area (Å²) in [5.74, 6) is -0.251. The molecule has 0 aromatic heterocycles. The average molecular weight is 541 g/mol. The van der Waals surface area contributed by atoms with Gasteiger partial charge in [-0.05, 0) is 89.6 Å². The van der Waals surface area contributed by atoms with Crippen LogP contribution in [-0.2, 0) is 6.54 Å². The number of nitrogens with zero attached hydrogens (tertiary/aromatic N) is 1. The molecule has 3 aromatic carbocycles. The molecule has 5 nitrogen and oxygen atoms in total. The van der Waals surface area contributed by atoms with E-state index < -0.39 is 0 Å². The summed E-state index contributed by atoms with van der Waals surface area (Å²) in [5, 5.41) is 3.49. The van der Waals surface area contributed by atoms with Crippen LogP contribution in [0.5, 0.6) is 0 Å². The number of halogens is 2. The zero-order chi connectivity index (χ0) is 24.1. The molecule has 2 amide bonds. The third kappa shape index (κ3) is 5.87. The van der Waals surface area contributed by atoms with E-state index in [1.807, 2.05) is 59.5 Å². The molecule has 1 fully saturated rings. The van der Waals surface area contributed by atoms with E-state index in [0.717, 1.165) is 35.7 Å². The van der Waals surface area contributed by atoms with Gasteiger partial charge in [0.25, 0.3) is 11.8 Å². The molecule has 3 N–H and O–H groups in total. The molecule has 4 rings (SSSR count). The molecule has 0 radical (unpaired) electrons. The number of rotatable bonds is 6. The fourth-order valence-corrected chi connectivity index (χ4v) is 4.97. The van der Waals surface area contributed by atoms with Gasteiger partial charge in [0.05, 0.1) is 5.56 Å². The minimum atomic E-state index is -0.223. The van der Waals surface area contributed by atoms with Gasteiger partial charge in [0.1, 0.15) is 0 Å². The standard InChI is InChI=1S/C27H27BrClN3O2/c28-24-9-5-4-8-23(24)26(33)31-21-12-15-25(29)19(16-21)17-32(22-13-10-20(30)11-14-22)27(34)18-6-2-1-3-7-18/h1-9,12,15-16,20,22H,10-11,13-14,17,30H2,(H,31,33). The Morgan fingerprint density at radius 1 is 0.971 bits per heavy atom. The van der Waals surface area contributed by atoms with Gasteiger partial charge in [0.15, 0.2) is 0 Å². The first-order valence-corrected chi connectivity index (χ1v) is 12.6. The van der Waals surface area contributed by atoms with Crippen LogP contribution in [0.25, 0.3) is 0 Å². The van der Waals surface area contributed by atoms with Crippen LogP contribution < -0.4 is 11.1 Å². The van der Waals surface area contributed by atoms with Crippen LogP contribution in [0.1, 0.15) is 52.0 Å². The molecule has 0 atom stereocenters. The minimum Gasteiger partial charge on any atom is -0.331 e. The minimum absolute atomic E-state index is 0.0280. The van der Waals surface area contributed by atoms with Gasteiger partial charge in [-0.25, -0.2) is 0 Å². The van der Waals surface area contributed by atoms with E-state index in [-0.39, 0.29) is 23.9 Å². The molecule has 0 saturated heterocycles. The van der Waals surface area contributed by atoms with Crippen molar-refractivity contribution in [3.8, 4) is 0 Å². The van der Waals surface area contributed by atoms with Crippen molar-refractivity contribution >= 4 is 45.0 Å². The summed E-state index contributed by atoms with van der Waals surface area (Å²) >= 11 is 9.97. The van der Waals surface area contributed by atoms with Crippen LogP contribution in [-0.4, -0.2) is 28.8 Å². The molecule has 0 heterocycles. The van der Waals surface area contributed by atoms with Crippen molar-refractivity contribution < 1.29 is 9.59 Å². The number of hydrogen-bond acceptors (Lipinski definition) is 3. The van der Waals surface area contributed by atoms with E-state index in [9.17, 15) is 9.59 Å². The molecular weight excluding hydrogens is 514 g/mol. The Kier molecular flexibility index (Phi) is 8.03. The maximum atomic E-state index is 13.5. The van der Waals surface area contributed by atoms with Gasteiger partial charge >= 0.3 is 0 Å². The second-order valence-electron chi connectivity index (χ2n) is 8.61. The summed E-state index contributed by atoms with van der Waals surface area (Å²) in [6, 6.07) is 22.2. The molecule has 0 bridgehead atoms. The van der Waals surface area contributed by atoms with Crippen molar-refractivity contribution in [2.45, 2.75) is 44.3 Å². The van der Waals surface area contributed by atoms with Crippen molar-refractivity contribution in [1.29, 1.82) is 0 Å². The number of anilines is 1. The number of hydrogen-bond donors (Lipinski definition) is 2. The van der Waals surface area contributed by atoms with Crippen molar-refractivity contribution in [2.24, 2.45) is 5.73 Å². The zero-order valence-electron chi connectivity index (χ0n) is 18.7. The Bertz CT molecular complexity index is 1160. The lowest BCUT2D eigenvalue weighted by molar-refractivity contribution is 0.0606. The largest absolute Gasteiger partial charge is 0.331 e. The number of amides is 2. The second kappa shape index (κ2) is 11.2. The van der Waals surface area contributed by atoms with Gasteiger partial charge in [-0.3, -0.25) is 9.59 Å². The monoisotopic (exact) mass is 539 g/mol. The van der Waals surface area contributed by atoms with Gasteiger partial charge in [-0.1, -0.05) is 41.9 Å². The lowest BCUT2D eigenvalue weighted by atomic mass is 9.90. The maximum absolute atomic E-state index is 13.5. The van der Waals surface area contributed by atoms with Crippen molar-refractivity contribution in [1.82, 2.24) is 4.90 Å². The highest BCUT2D eigenvalue weighted by Crippen LogP contribution is 2.29. The molecule has 1 aliphatic carbocycles. The predicted octanol–water partition coefficient (Wildman–Crippen LogP) is 6.27. The first-order chi connectivity index (χ1) is 16.4. The van der Waals surface area contributed by atoms with E-state index in [1.54, 1.807) is 18.2 Å². The maximum Gasteiger partial charge on any atom is 0.256 e. The lowest BCUT2D eigenvalue weighted by Crippen LogP contribution is -2.43. The highest BCUT2D eigenvalue weighted by molar-refractivity contribution is 9.10. The van der Waals surface area contributed by atoms with E-state index in [2.05, 4.69) is 21.2 Å². The molecule has 1 aliphatic rings. The van der Waals surface area contributed by atoms with Crippen LogP contribution in [0.4, 0.5) is 5.69 Å². The average Bonchev–Trinajstić information content (AvgIpc) is 2.85. The van der Waals surface area contributed by atoms with E-state index in [0.29, 0.717) is 28.4 Å². The van der Waals surface area contributed by atoms with Gasteiger partial charge in [0.2, 0.25) is 0 Å². The highest BCUT2D eigenvalue weighted by atomic mass is 79.9. The molecule has 0 spiro atoms. The smallest absolute Gasteiger partial charge is 0.256 e. The first kappa shape index (κ1) is 24.5. The van der Waals surface area contributed by atoms with E-state index >= 15 is 0 Å². The quantitative estimate of drug-likeness (QED) is 0.387. The Labute approximate surface area is 213 Å². The molecule has 7 heteroatoms. The lowest BCUT2D eigenvalue weighted by Gasteiger charge is -2.36. The number of nitrogens with one attached hydrogen (secondary N) is 1. The summed E-state index contributed by atoms with van der Waals surface area (Å²) in [7, 11) is 0. The summed E-state index contributed by atoms with van der Waals surface area (Å²) in [5.41, 5.74) is 8.71. The Hall–Kier alpha value is -2.67. The molecule has 1 saturated carbocycles. The topological polar surface area (TPSA) is 75.4 Å². The van der Waals surface area contributed by atoms with Gasteiger partial charge in [-0.15, -0.1) is 0 Å². The Morgan fingerprint density at radius 2 is 1.65 bits per heavy atom. The normalized spacial score (nSPS) is 17.7. The highest BCUT2D eigenvalue weighted by Gasteiger charge is 2.29. The van der Waals surface area contributed by atoms with Crippen LogP contribution in [0, 0.1) is 0 Å². The molecule has 0 unspecified atom stereocenters. The second-order valence-corrected chi connectivity index (χ2v) is 9.87. The van der Waals surface area contributed by atoms with Gasteiger partial charge in [0, 0.05) is 39.4 Å². The number of carbonyl (C=O) groups excluding carboxylic acids is 2. The molecule has 176 valence electrons. The molecular formula is C27H27BrClN3O2. The zero-order valence-corrected chi connectivity index (χ0v) is 21.1. The number of nitrogens with two attached hydrogens (primary N) is 1. The fraction of sp³-hybridized carbons (Fsp3) is 0.259. The predicted molar refractivity (Wildman–Crippen MR) is 140 cm³/mol. The molecule has 0 aliphatic heterocycles. The number of benzene rings is 3. The SMILES string of the molecule is NC1CCC(N(Cc2cc(NC(=O)c3ccccc3Br)ccc2Cl)C(=O)c2ccccc2)CC1. The van der Waals surface area contributed by atoms with Crippen molar-refractivity contribution in [3.05, 3.63) is 99.0 Å². The Balaban J connectivity index is 1.58. The third-order valence-electron chi connectivity index (χ3n) is 6.23. The molecule has 3 aromatic rings. The Morgan fingerprint density at radius 3 is 2.35 bits per heavy atom. The summed E-state index contributed by atoms with van der Waals surface area (Å²) in [6.45, 7) is 0.352. The van der Waals surface area contributed by atoms with E-state index in [4.69, 9.17) is 17.3 Å². The van der Waals surface area contributed by atoms with Crippen LogP contribution in [0.15, 0.2) is 77.3 Å². The fourth-order valence-electron chi connectivity index (χ4n) is 4.33.